The summed E-state index contributed by atoms with van der Waals surface area (Å²) in [7, 11) is 0. The lowest BCUT2D eigenvalue weighted by Gasteiger charge is -2.11. The lowest BCUT2D eigenvalue weighted by atomic mass is 9.95. The summed E-state index contributed by atoms with van der Waals surface area (Å²) in [6.45, 7) is 12.4. The average molecular weight is 358 g/mol. The Bertz CT molecular complexity index is 706. The van der Waals surface area contributed by atoms with Crippen molar-refractivity contribution < 1.29 is 0 Å². The van der Waals surface area contributed by atoms with Crippen molar-refractivity contribution in [2.45, 2.75) is 63.8 Å². The fourth-order valence-electron chi connectivity index (χ4n) is 2.65. The van der Waals surface area contributed by atoms with Crippen molar-refractivity contribution in [2.24, 2.45) is 11.1 Å². The van der Waals surface area contributed by atoms with Crippen LogP contribution in [0, 0.1) is 5.41 Å². The van der Waals surface area contributed by atoms with Crippen molar-refractivity contribution >= 4 is 17.8 Å². The molecule has 0 fully saturated rings. The number of nitrogens with zero attached hydrogens (tertiary/aromatic N) is 2. The lowest BCUT2D eigenvalue weighted by Crippen LogP contribution is -2.13. The minimum absolute atomic E-state index is 0.205. The second-order valence-electron chi connectivity index (χ2n) is 7.31. The van der Waals surface area contributed by atoms with Crippen LogP contribution in [0.25, 0.3) is 6.08 Å². The lowest BCUT2D eigenvalue weighted by molar-refractivity contribution is 0.547. The van der Waals surface area contributed by atoms with E-state index in [-0.39, 0.29) is 5.41 Å². The van der Waals surface area contributed by atoms with E-state index in [4.69, 9.17) is 10.8 Å². The number of benzene rings is 1. The molecule has 2 rings (SSSR count). The van der Waals surface area contributed by atoms with Gasteiger partial charge in [-0.25, -0.2) is 0 Å². The minimum atomic E-state index is 0.205. The molecule has 0 saturated heterocycles. The molecule has 1 aromatic carbocycles. The van der Waals surface area contributed by atoms with E-state index >= 15 is 0 Å². The maximum atomic E-state index is 5.74. The molecule has 0 aliphatic heterocycles. The van der Waals surface area contributed by atoms with Crippen molar-refractivity contribution in [3.05, 3.63) is 47.3 Å². The molecule has 136 valence electrons. The molecule has 0 atom stereocenters. The van der Waals surface area contributed by atoms with E-state index in [2.05, 4.69) is 75.7 Å². The number of aromatic nitrogens is 2. The number of allylic oxidation sites excluding steroid dienone is 1. The molecule has 2 aromatic rings. The molecule has 2 N–H and O–H groups in total. The van der Waals surface area contributed by atoms with Gasteiger partial charge in [0.2, 0.25) is 0 Å². The number of aryl methyl sites for hydroxylation is 1. The van der Waals surface area contributed by atoms with Crippen LogP contribution < -0.4 is 5.73 Å². The normalized spacial score (nSPS) is 12.2. The maximum absolute atomic E-state index is 5.74. The second kappa shape index (κ2) is 8.72. The third-order valence-corrected chi connectivity index (χ3v) is 5.15. The van der Waals surface area contributed by atoms with Gasteiger partial charge in [0, 0.05) is 11.4 Å². The van der Waals surface area contributed by atoms with Gasteiger partial charge in [-0.05, 0) is 36.0 Å². The molecule has 3 nitrogen and oxygen atoms in total. The van der Waals surface area contributed by atoms with Crippen LogP contribution in [0.4, 0.5) is 0 Å². The monoisotopic (exact) mass is 357 g/mol. The van der Waals surface area contributed by atoms with Crippen LogP contribution >= 0.6 is 11.8 Å². The fraction of sp³-hybridized carbons (Fsp3) is 0.476. The van der Waals surface area contributed by atoms with Crippen molar-refractivity contribution in [1.82, 2.24) is 9.78 Å². The van der Waals surface area contributed by atoms with Crippen LogP contribution in [-0.2, 0) is 19.4 Å². The molecule has 0 aliphatic carbocycles. The zero-order chi connectivity index (χ0) is 18.4. The van der Waals surface area contributed by atoms with Crippen LogP contribution in [0.1, 0.15) is 51.6 Å². The first kappa shape index (κ1) is 19.8. The summed E-state index contributed by atoms with van der Waals surface area (Å²) >= 11 is 1.82. The maximum Gasteiger partial charge on any atom is 0.0764 e. The molecular formula is C21H31N3S. The Kier molecular flexibility index (Phi) is 6.91. The van der Waals surface area contributed by atoms with E-state index in [1.165, 1.54) is 26.7 Å². The zero-order valence-electron chi connectivity index (χ0n) is 16.2. The highest BCUT2D eigenvalue weighted by Crippen LogP contribution is 2.34. The van der Waals surface area contributed by atoms with Gasteiger partial charge in [-0.2, -0.15) is 5.10 Å². The summed E-state index contributed by atoms with van der Waals surface area (Å²) in [6, 6.07) is 8.77. The quantitative estimate of drug-likeness (QED) is 0.743. The summed E-state index contributed by atoms with van der Waals surface area (Å²) in [6.07, 6.45) is 6.36. The summed E-state index contributed by atoms with van der Waals surface area (Å²) < 4.78 is 2.08. The fourth-order valence-corrected chi connectivity index (χ4v) is 3.82. The Morgan fingerprint density at radius 2 is 1.80 bits per heavy atom. The molecule has 0 aliphatic rings. The number of hydrogen-bond acceptors (Lipinski definition) is 3. The van der Waals surface area contributed by atoms with E-state index in [9.17, 15) is 0 Å². The first-order valence-corrected chi connectivity index (χ1v) is 9.95. The summed E-state index contributed by atoms with van der Waals surface area (Å²) in [5, 5.41) is 4.76. The molecule has 0 bridgehead atoms. The average Bonchev–Trinajstić information content (AvgIpc) is 2.90. The molecule has 0 amide bonds. The number of nitrogens with two attached hydrogens (primary N) is 1. The number of rotatable bonds is 7. The number of hydrogen-bond donors (Lipinski definition) is 1. The van der Waals surface area contributed by atoms with Gasteiger partial charge in [-0.3, -0.25) is 4.68 Å². The van der Waals surface area contributed by atoms with Crippen LogP contribution in [0.5, 0.6) is 0 Å². The van der Waals surface area contributed by atoms with E-state index < -0.39 is 0 Å². The Hall–Kier alpha value is -1.52. The summed E-state index contributed by atoms with van der Waals surface area (Å²) in [5.74, 6) is 0. The topological polar surface area (TPSA) is 43.8 Å². The highest BCUT2D eigenvalue weighted by atomic mass is 32.2. The molecule has 25 heavy (non-hydrogen) atoms. The van der Waals surface area contributed by atoms with Crippen LogP contribution in [0.15, 0.2) is 40.1 Å². The third kappa shape index (κ3) is 5.48. The molecular weight excluding hydrogens is 326 g/mol. The zero-order valence-corrected chi connectivity index (χ0v) is 17.0. The Morgan fingerprint density at radius 3 is 2.32 bits per heavy atom. The molecule has 0 unspecified atom stereocenters. The van der Waals surface area contributed by atoms with E-state index in [0.29, 0.717) is 6.54 Å². The first-order chi connectivity index (χ1) is 11.9. The van der Waals surface area contributed by atoms with Crippen molar-refractivity contribution in [2.75, 3.05) is 6.54 Å². The van der Waals surface area contributed by atoms with Gasteiger partial charge in [-0.15, -0.1) is 0 Å². The molecule has 0 spiro atoms. The van der Waals surface area contributed by atoms with Crippen LogP contribution in [0.3, 0.4) is 0 Å². The Morgan fingerprint density at radius 1 is 1.12 bits per heavy atom. The molecule has 0 radical (unpaired) electrons. The van der Waals surface area contributed by atoms with Crippen molar-refractivity contribution in [1.29, 1.82) is 0 Å². The summed E-state index contributed by atoms with van der Waals surface area (Å²) in [4.78, 5) is 2.56. The predicted octanol–water partition coefficient (Wildman–Crippen LogP) is 5.18. The highest BCUT2D eigenvalue weighted by Gasteiger charge is 2.16. The van der Waals surface area contributed by atoms with Crippen LogP contribution in [-0.4, -0.2) is 16.3 Å². The van der Waals surface area contributed by atoms with Crippen molar-refractivity contribution in [3.8, 4) is 0 Å². The minimum Gasteiger partial charge on any atom is -0.329 e. The van der Waals surface area contributed by atoms with Crippen molar-refractivity contribution in [3.63, 3.8) is 0 Å². The third-order valence-electron chi connectivity index (χ3n) is 3.96. The smallest absolute Gasteiger partial charge is 0.0764 e. The van der Waals surface area contributed by atoms with Gasteiger partial charge in [0.15, 0.2) is 0 Å². The van der Waals surface area contributed by atoms with Gasteiger partial charge in [0.25, 0.3) is 0 Å². The van der Waals surface area contributed by atoms with E-state index in [1.54, 1.807) is 0 Å². The Balaban J connectivity index is 2.23. The van der Waals surface area contributed by atoms with Gasteiger partial charge in [-0.1, -0.05) is 70.7 Å². The van der Waals surface area contributed by atoms with Gasteiger partial charge in [0.1, 0.15) is 0 Å². The molecule has 4 heteroatoms. The van der Waals surface area contributed by atoms with E-state index in [1.807, 2.05) is 11.8 Å². The Labute approximate surface area is 156 Å². The highest BCUT2D eigenvalue weighted by molar-refractivity contribution is 7.99. The van der Waals surface area contributed by atoms with Gasteiger partial charge >= 0.3 is 0 Å². The SMILES string of the molecule is CCc1nn(CCN)c(CC)c1Sc1ccc(C=CC(C)(C)C)cc1. The standard InChI is InChI=1S/C21H31N3S/c1-6-18-20(19(7-2)24(23-18)15-14-22)25-17-10-8-16(9-11-17)12-13-21(3,4)5/h8-13H,6-7,14-15,22H2,1-5H3. The second-order valence-corrected chi connectivity index (χ2v) is 8.40. The summed E-state index contributed by atoms with van der Waals surface area (Å²) in [5.41, 5.74) is 9.65. The van der Waals surface area contributed by atoms with E-state index in [0.717, 1.165) is 19.4 Å². The largest absolute Gasteiger partial charge is 0.329 e. The van der Waals surface area contributed by atoms with Gasteiger partial charge in [0.05, 0.1) is 22.8 Å². The van der Waals surface area contributed by atoms with Crippen LogP contribution in [0.2, 0.25) is 0 Å². The molecule has 0 saturated carbocycles. The van der Waals surface area contributed by atoms with Gasteiger partial charge < -0.3 is 5.73 Å². The molecule has 1 heterocycles. The molecule has 1 aromatic heterocycles. The first-order valence-electron chi connectivity index (χ1n) is 9.13. The predicted molar refractivity (Wildman–Crippen MR) is 109 cm³/mol.